The predicted molar refractivity (Wildman–Crippen MR) is 113 cm³/mol. The number of likely N-dealkylation sites (tertiary alicyclic amines) is 1. The summed E-state index contributed by atoms with van der Waals surface area (Å²) in [5, 5.41) is 5.62. The van der Waals surface area contributed by atoms with Gasteiger partial charge in [0.1, 0.15) is 5.75 Å². The van der Waals surface area contributed by atoms with Crippen LogP contribution in [0.4, 0.5) is 0 Å². The molecule has 0 radical (unpaired) electrons. The largest absolute Gasteiger partial charge is 0.494 e. The van der Waals surface area contributed by atoms with E-state index in [0.717, 1.165) is 31.6 Å². The maximum absolute atomic E-state index is 13.4. The Bertz CT molecular complexity index is 1090. The van der Waals surface area contributed by atoms with Gasteiger partial charge in [-0.25, -0.2) is 0 Å². The monoisotopic (exact) mass is 391 g/mol. The minimum absolute atomic E-state index is 0.118. The van der Waals surface area contributed by atoms with E-state index in [1.54, 1.807) is 36.4 Å². The molecule has 2 aromatic carbocycles. The Balaban J connectivity index is 1.85. The molecule has 0 unspecified atom stereocenters. The average Bonchev–Trinajstić information content (AvgIpc) is 2.75. The van der Waals surface area contributed by atoms with Crippen LogP contribution in [0.1, 0.15) is 43.6 Å². The summed E-state index contributed by atoms with van der Waals surface area (Å²) >= 11 is 0. The molecule has 0 aliphatic carbocycles. The van der Waals surface area contributed by atoms with Gasteiger partial charge in [-0.05, 0) is 63.4 Å². The molecule has 6 nitrogen and oxygen atoms in total. The van der Waals surface area contributed by atoms with E-state index in [1.165, 1.54) is 4.68 Å². The van der Waals surface area contributed by atoms with Crippen molar-refractivity contribution in [1.82, 2.24) is 14.7 Å². The lowest BCUT2D eigenvalue weighted by atomic mass is 10.0. The molecule has 1 fully saturated rings. The SMILES string of the molecule is CCOc1ccc(-n2nc(C(=O)N3CCCC[C@H]3C)c3ccccc3c2=O)cc1. The number of hydrogen-bond acceptors (Lipinski definition) is 4. The molecule has 29 heavy (non-hydrogen) atoms. The number of fused-ring (bicyclic) bond motifs is 1. The third-order valence-corrected chi connectivity index (χ3v) is 5.46. The normalized spacial score (nSPS) is 16.8. The lowest BCUT2D eigenvalue weighted by Gasteiger charge is -2.33. The minimum Gasteiger partial charge on any atom is -0.494 e. The Morgan fingerprint density at radius 2 is 1.83 bits per heavy atom. The van der Waals surface area contributed by atoms with Crippen LogP contribution in [0.3, 0.4) is 0 Å². The molecule has 1 saturated heterocycles. The van der Waals surface area contributed by atoms with Crippen molar-refractivity contribution in [2.24, 2.45) is 0 Å². The number of carbonyl (C=O) groups excluding carboxylic acids is 1. The van der Waals surface area contributed by atoms with E-state index in [-0.39, 0.29) is 17.5 Å². The van der Waals surface area contributed by atoms with Crippen molar-refractivity contribution >= 4 is 16.7 Å². The number of aromatic nitrogens is 2. The van der Waals surface area contributed by atoms with E-state index < -0.39 is 0 Å². The van der Waals surface area contributed by atoms with Gasteiger partial charge in [0.05, 0.1) is 17.7 Å². The number of rotatable bonds is 4. The van der Waals surface area contributed by atoms with E-state index in [2.05, 4.69) is 12.0 Å². The second kappa shape index (κ2) is 8.07. The zero-order valence-electron chi connectivity index (χ0n) is 16.8. The molecule has 2 heterocycles. The van der Waals surface area contributed by atoms with Crippen LogP contribution in [0.2, 0.25) is 0 Å². The molecule has 1 aromatic heterocycles. The molecule has 1 aliphatic heterocycles. The highest BCUT2D eigenvalue weighted by molar-refractivity contribution is 6.05. The fourth-order valence-corrected chi connectivity index (χ4v) is 3.91. The smallest absolute Gasteiger partial charge is 0.279 e. The van der Waals surface area contributed by atoms with Crippen molar-refractivity contribution in [3.8, 4) is 11.4 Å². The van der Waals surface area contributed by atoms with Crippen LogP contribution in [0.5, 0.6) is 5.75 Å². The number of ether oxygens (including phenoxy) is 1. The Kier molecular flexibility index (Phi) is 5.34. The van der Waals surface area contributed by atoms with Crippen molar-refractivity contribution in [1.29, 1.82) is 0 Å². The van der Waals surface area contributed by atoms with Gasteiger partial charge in [0, 0.05) is 18.0 Å². The van der Waals surface area contributed by atoms with Crippen LogP contribution in [-0.4, -0.2) is 39.8 Å². The second-order valence-electron chi connectivity index (χ2n) is 7.38. The van der Waals surface area contributed by atoms with Gasteiger partial charge < -0.3 is 9.64 Å². The van der Waals surface area contributed by atoms with Gasteiger partial charge >= 0.3 is 0 Å². The number of amides is 1. The lowest BCUT2D eigenvalue weighted by Crippen LogP contribution is -2.43. The first-order chi connectivity index (χ1) is 14.1. The zero-order valence-corrected chi connectivity index (χ0v) is 16.8. The third-order valence-electron chi connectivity index (χ3n) is 5.46. The van der Waals surface area contributed by atoms with Crippen molar-refractivity contribution in [3.05, 3.63) is 64.6 Å². The van der Waals surface area contributed by atoms with Gasteiger partial charge in [0.15, 0.2) is 5.69 Å². The zero-order chi connectivity index (χ0) is 20.4. The Morgan fingerprint density at radius 3 is 2.52 bits per heavy atom. The van der Waals surface area contributed by atoms with Gasteiger partial charge in [0.25, 0.3) is 11.5 Å². The summed E-state index contributed by atoms with van der Waals surface area (Å²) in [6, 6.07) is 14.5. The van der Waals surface area contributed by atoms with Crippen LogP contribution in [0, 0.1) is 0 Å². The fraction of sp³-hybridized carbons (Fsp3) is 0.348. The molecule has 0 saturated carbocycles. The van der Waals surface area contributed by atoms with Gasteiger partial charge in [-0.15, -0.1) is 0 Å². The highest BCUT2D eigenvalue weighted by Gasteiger charge is 2.27. The molecule has 0 N–H and O–H groups in total. The van der Waals surface area contributed by atoms with E-state index in [1.807, 2.05) is 24.0 Å². The standard InChI is InChI=1S/C23H25N3O3/c1-3-29-18-13-11-17(12-14-18)26-22(27)20-10-5-4-9-19(20)21(24-26)23(28)25-15-7-6-8-16(25)2/h4-5,9-14,16H,3,6-8,15H2,1-2H3/t16-/m1/s1. The summed E-state index contributed by atoms with van der Waals surface area (Å²) in [6.07, 6.45) is 3.11. The first-order valence-corrected chi connectivity index (χ1v) is 10.2. The third kappa shape index (κ3) is 3.62. The van der Waals surface area contributed by atoms with Gasteiger partial charge in [0.2, 0.25) is 0 Å². The molecular weight excluding hydrogens is 366 g/mol. The maximum Gasteiger partial charge on any atom is 0.279 e. The minimum atomic E-state index is -0.243. The maximum atomic E-state index is 13.4. The Morgan fingerprint density at radius 1 is 1.10 bits per heavy atom. The first-order valence-electron chi connectivity index (χ1n) is 10.2. The summed E-state index contributed by atoms with van der Waals surface area (Å²) in [4.78, 5) is 28.4. The quantitative estimate of drug-likeness (QED) is 0.679. The number of carbonyl (C=O) groups is 1. The van der Waals surface area contributed by atoms with Crippen LogP contribution in [-0.2, 0) is 0 Å². The molecule has 150 valence electrons. The summed E-state index contributed by atoms with van der Waals surface area (Å²) in [6.45, 7) is 5.28. The molecule has 0 bridgehead atoms. The van der Waals surface area contributed by atoms with Crippen molar-refractivity contribution in [2.75, 3.05) is 13.2 Å². The van der Waals surface area contributed by atoms with Gasteiger partial charge in [-0.1, -0.05) is 18.2 Å². The molecule has 1 aliphatic rings. The first kappa shape index (κ1) is 19.2. The highest BCUT2D eigenvalue weighted by Crippen LogP contribution is 2.23. The van der Waals surface area contributed by atoms with E-state index in [4.69, 9.17) is 4.74 Å². The highest BCUT2D eigenvalue weighted by atomic mass is 16.5. The van der Waals surface area contributed by atoms with Crippen molar-refractivity contribution < 1.29 is 9.53 Å². The fourth-order valence-electron chi connectivity index (χ4n) is 3.91. The summed E-state index contributed by atoms with van der Waals surface area (Å²) in [5.74, 6) is 0.608. The molecule has 4 rings (SSSR count). The van der Waals surface area contributed by atoms with Gasteiger partial charge in [-0.3, -0.25) is 9.59 Å². The van der Waals surface area contributed by atoms with Crippen molar-refractivity contribution in [3.63, 3.8) is 0 Å². The summed E-state index contributed by atoms with van der Waals surface area (Å²) < 4.78 is 6.80. The predicted octanol–water partition coefficient (Wildman–Crippen LogP) is 3.80. The molecule has 6 heteroatoms. The van der Waals surface area contributed by atoms with Crippen LogP contribution in [0.25, 0.3) is 16.5 Å². The van der Waals surface area contributed by atoms with Crippen LogP contribution in [0.15, 0.2) is 53.3 Å². The molecule has 1 amide bonds. The molecule has 0 spiro atoms. The topological polar surface area (TPSA) is 64.4 Å². The van der Waals surface area contributed by atoms with Crippen LogP contribution >= 0.6 is 0 Å². The average molecular weight is 391 g/mol. The Labute approximate surface area is 169 Å². The molecule has 1 atom stereocenters. The van der Waals surface area contributed by atoms with E-state index in [9.17, 15) is 9.59 Å². The second-order valence-corrected chi connectivity index (χ2v) is 7.38. The number of hydrogen-bond donors (Lipinski definition) is 0. The number of benzene rings is 2. The summed E-state index contributed by atoms with van der Waals surface area (Å²) in [5.41, 5.74) is 0.681. The molecular formula is C23H25N3O3. The molecule has 3 aromatic rings. The van der Waals surface area contributed by atoms with E-state index >= 15 is 0 Å². The summed E-state index contributed by atoms with van der Waals surface area (Å²) in [7, 11) is 0. The Hall–Kier alpha value is -3.15. The van der Waals surface area contributed by atoms with Gasteiger partial charge in [-0.2, -0.15) is 9.78 Å². The van der Waals surface area contributed by atoms with Crippen molar-refractivity contribution in [2.45, 2.75) is 39.2 Å². The van der Waals surface area contributed by atoms with E-state index in [0.29, 0.717) is 28.8 Å². The lowest BCUT2D eigenvalue weighted by molar-refractivity contribution is 0.0630. The number of piperidine rings is 1. The number of nitrogens with zero attached hydrogens (tertiary/aromatic N) is 3. The van der Waals surface area contributed by atoms with Crippen LogP contribution < -0.4 is 10.3 Å².